The molecule has 23 heavy (non-hydrogen) atoms. The number of hydrogen-bond donors (Lipinski definition) is 2. The average molecular weight is 335 g/mol. The molecule has 2 aromatic carbocycles. The fraction of sp³-hybridized carbons (Fsp3) is 0.353. The topological polar surface area (TPSA) is 83.5 Å². The van der Waals surface area contributed by atoms with E-state index in [0.717, 1.165) is 0 Å². The van der Waals surface area contributed by atoms with Crippen molar-refractivity contribution in [3.05, 3.63) is 36.4 Å². The molecule has 0 bridgehead atoms. The van der Waals surface area contributed by atoms with Crippen molar-refractivity contribution in [3.8, 4) is 5.75 Å². The summed E-state index contributed by atoms with van der Waals surface area (Å²) in [6.45, 7) is 5.66. The lowest BCUT2D eigenvalue weighted by Gasteiger charge is -2.15. The standard InChI is InChI=1S/C17H21NO4S/c1-11(2)10-12(3)17(20)18-23(21,22)16-9-8-15(19)13-6-4-5-7-14(13)16/h4-9,11-12,19H,10H2,1-3H3,(H,18,20)/t12-/m0/s1. The fourth-order valence-electron chi connectivity index (χ4n) is 2.59. The Labute approximate surface area is 136 Å². The second-order valence-electron chi connectivity index (χ2n) is 6.13. The molecule has 6 heteroatoms. The fourth-order valence-corrected chi connectivity index (χ4v) is 3.88. The van der Waals surface area contributed by atoms with Gasteiger partial charge in [-0.15, -0.1) is 0 Å². The molecule has 0 unspecified atom stereocenters. The highest BCUT2D eigenvalue weighted by Crippen LogP contribution is 2.30. The van der Waals surface area contributed by atoms with Crippen molar-refractivity contribution in [3.63, 3.8) is 0 Å². The van der Waals surface area contributed by atoms with Crippen LogP contribution < -0.4 is 4.72 Å². The third-order valence-corrected chi connectivity index (χ3v) is 5.06. The summed E-state index contributed by atoms with van der Waals surface area (Å²) < 4.78 is 27.2. The Kier molecular flexibility index (Phi) is 4.94. The molecular weight excluding hydrogens is 314 g/mol. The Morgan fingerprint density at radius 3 is 2.30 bits per heavy atom. The zero-order chi connectivity index (χ0) is 17.2. The molecule has 124 valence electrons. The lowest BCUT2D eigenvalue weighted by molar-refractivity contribution is -0.123. The third kappa shape index (κ3) is 3.82. The van der Waals surface area contributed by atoms with Gasteiger partial charge in [-0.05, 0) is 24.5 Å². The summed E-state index contributed by atoms with van der Waals surface area (Å²) in [6, 6.07) is 9.25. The minimum Gasteiger partial charge on any atom is -0.507 e. The van der Waals surface area contributed by atoms with Gasteiger partial charge < -0.3 is 5.11 Å². The van der Waals surface area contributed by atoms with Crippen LogP contribution in [0.3, 0.4) is 0 Å². The maximum Gasteiger partial charge on any atom is 0.264 e. The Bertz CT molecular complexity index is 828. The Balaban J connectivity index is 2.38. The quantitative estimate of drug-likeness (QED) is 0.880. The van der Waals surface area contributed by atoms with Crippen molar-refractivity contribution in [1.82, 2.24) is 4.72 Å². The van der Waals surface area contributed by atoms with E-state index in [2.05, 4.69) is 4.72 Å². The molecule has 2 N–H and O–H groups in total. The summed E-state index contributed by atoms with van der Waals surface area (Å²) in [4.78, 5) is 12.1. The van der Waals surface area contributed by atoms with Crippen LogP contribution in [0, 0.1) is 11.8 Å². The SMILES string of the molecule is CC(C)C[C@H](C)C(=O)NS(=O)(=O)c1ccc(O)c2ccccc12. The number of phenols is 1. The number of hydrogen-bond acceptors (Lipinski definition) is 4. The van der Waals surface area contributed by atoms with Crippen molar-refractivity contribution >= 4 is 26.7 Å². The summed E-state index contributed by atoms with van der Waals surface area (Å²) >= 11 is 0. The summed E-state index contributed by atoms with van der Waals surface area (Å²) in [5.74, 6) is -0.615. The normalized spacial score (nSPS) is 13.2. The lowest BCUT2D eigenvalue weighted by atomic mass is 9.99. The molecule has 1 atom stereocenters. The van der Waals surface area contributed by atoms with E-state index in [4.69, 9.17) is 0 Å². The predicted octanol–water partition coefficient (Wildman–Crippen LogP) is 3.03. The smallest absolute Gasteiger partial charge is 0.264 e. The second kappa shape index (κ2) is 6.58. The summed E-state index contributed by atoms with van der Waals surface area (Å²) in [7, 11) is -3.99. The molecular formula is C17H21NO4S. The summed E-state index contributed by atoms with van der Waals surface area (Å²) in [5.41, 5.74) is 0. The zero-order valence-electron chi connectivity index (χ0n) is 13.4. The van der Waals surface area contributed by atoms with Crippen LogP contribution >= 0.6 is 0 Å². The van der Waals surface area contributed by atoms with E-state index in [1.807, 2.05) is 13.8 Å². The van der Waals surface area contributed by atoms with Gasteiger partial charge >= 0.3 is 0 Å². The lowest BCUT2D eigenvalue weighted by Crippen LogP contribution is -2.35. The zero-order valence-corrected chi connectivity index (χ0v) is 14.2. The molecule has 2 aromatic rings. The van der Waals surface area contributed by atoms with Crippen LogP contribution in [-0.2, 0) is 14.8 Å². The number of carbonyl (C=O) groups excluding carboxylic acids is 1. The van der Waals surface area contributed by atoms with Crippen molar-refractivity contribution < 1.29 is 18.3 Å². The van der Waals surface area contributed by atoms with Crippen LogP contribution in [0.1, 0.15) is 27.2 Å². The molecule has 0 aliphatic carbocycles. The second-order valence-corrected chi connectivity index (χ2v) is 7.78. The molecule has 0 radical (unpaired) electrons. The van der Waals surface area contributed by atoms with Crippen molar-refractivity contribution in [2.45, 2.75) is 32.1 Å². The number of carbonyl (C=O) groups is 1. The first-order chi connectivity index (χ1) is 10.7. The Morgan fingerprint density at radius 2 is 1.70 bits per heavy atom. The Hall–Kier alpha value is -2.08. The molecule has 1 amide bonds. The van der Waals surface area contributed by atoms with Crippen LogP contribution in [0.4, 0.5) is 0 Å². The summed E-state index contributed by atoms with van der Waals surface area (Å²) in [6.07, 6.45) is 0.609. The molecule has 0 fully saturated rings. The highest BCUT2D eigenvalue weighted by molar-refractivity contribution is 7.90. The van der Waals surface area contributed by atoms with Crippen LogP contribution in [0.2, 0.25) is 0 Å². The van der Waals surface area contributed by atoms with E-state index >= 15 is 0 Å². The maximum absolute atomic E-state index is 12.5. The molecule has 0 aliphatic heterocycles. The van der Waals surface area contributed by atoms with Gasteiger partial charge in [0.25, 0.3) is 10.0 Å². The molecule has 0 aromatic heterocycles. The van der Waals surface area contributed by atoms with E-state index in [1.165, 1.54) is 12.1 Å². The van der Waals surface area contributed by atoms with E-state index in [-0.39, 0.29) is 10.6 Å². The van der Waals surface area contributed by atoms with Gasteiger partial charge in [-0.3, -0.25) is 4.79 Å². The predicted molar refractivity (Wildman–Crippen MR) is 89.6 cm³/mol. The first-order valence-electron chi connectivity index (χ1n) is 7.49. The number of nitrogens with one attached hydrogen (secondary N) is 1. The number of phenolic OH excluding ortho intramolecular Hbond substituents is 1. The van der Waals surface area contributed by atoms with Crippen LogP contribution in [0.5, 0.6) is 5.75 Å². The molecule has 0 spiro atoms. The van der Waals surface area contributed by atoms with Gasteiger partial charge in [0.2, 0.25) is 5.91 Å². The van der Waals surface area contributed by atoms with Crippen LogP contribution in [-0.4, -0.2) is 19.4 Å². The molecule has 0 saturated carbocycles. The molecule has 0 saturated heterocycles. The highest BCUT2D eigenvalue weighted by Gasteiger charge is 2.24. The van der Waals surface area contributed by atoms with Gasteiger partial charge in [0, 0.05) is 16.7 Å². The van der Waals surface area contributed by atoms with Crippen molar-refractivity contribution in [2.75, 3.05) is 0 Å². The average Bonchev–Trinajstić information content (AvgIpc) is 2.46. The minimum absolute atomic E-state index is 0.000877. The first kappa shape index (κ1) is 17.3. The number of rotatable bonds is 5. The van der Waals surface area contributed by atoms with Crippen LogP contribution in [0.15, 0.2) is 41.3 Å². The number of amides is 1. The maximum atomic E-state index is 12.5. The first-order valence-corrected chi connectivity index (χ1v) is 8.98. The van der Waals surface area contributed by atoms with E-state index in [9.17, 15) is 18.3 Å². The summed E-state index contributed by atoms with van der Waals surface area (Å²) in [5, 5.41) is 10.7. The number of sulfonamides is 1. The van der Waals surface area contributed by atoms with E-state index in [0.29, 0.717) is 23.1 Å². The Morgan fingerprint density at radius 1 is 1.09 bits per heavy atom. The van der Waals surface area contributed by atoms with Crippen molar-refractivity contribution in [2.24, 2.45) is 11.8 Å². The largest absolute Gasteiger partial charge is 0.507 e. The van der Waals surface area contributed by atoms with Gasteiger partial charge in [0.1, 0.15) is 5.75 Å². The van der Waals surface area contributed by atoms with Crippen molar-refractivity contribution in [1.29, 1.82) is 0 Å². The molecule has 2 rings (SSSR count). The third-order valence-electron chi connectivity index (χ3n) is 3.66. The van der Waals surface area contributed by atoms with Gasteiger partial charge in [0.05, 0.1) is 4.90 Å². The van der Waals surface area contributed by atoms with Gasteiger partial charge in [0.15, 0.2) is 0 Å². The van der Waals surface area contributed by atoms with Gasteiger partial charge in [-0.25, -0.2) is 13.1 Å². The van der Waals surface area contributed by atoms with Crippen LogP contribution in [0.25, 0.3) is 10.8 Å². The van der Waals surface area contributed by atoms with Gasteiger partial charge in [-0.2, -0.15) is 0 Å². The monoisotopic (exact) mass is 335 g/mol. The number of benzene rings is 2. The number of fused-ring (bicyclic) bond motifs is 1. The van der Waals surface area contributed by atoms with E-state index < -0.39 is 21.8 Å². The molecule has 0 aliphatic rings. The van der Waals surface area contributed by atoms with Gasteiger partial charge in [-0.1, -0.05) is 45.0 Å². The minimum atomic E-state index is -3.99. The molecule has 0 heterocycles. The highest BCUT2D eigenvalue weighted by atomic mass is 32.2. The molecule has 5 nitrogen and oxygen atoms in total. The number of aromatic hydroxyl groups is 1. The van der Waals surface area contributed by atoms with E-state index in [1.54, 1.807) is 31.2 Å².